The molecule has 0 saturated heterocycles. The highest BCUT2D eigenvalue weighted by atomic mass is 16.7. The minimum absolute atomic E-state index is 0.469. The molecule has 0 aliphatic rings. The number of hydrogen-bond donors (Lipinski definition) is 0. The summed E-state index contributed by atoms with van der Waals surface area (Å²) in [5.41, 5.74) is 0. The van der Waals surface area contributed by atoms with Crippen molar-refractivity contribution >= 4 is 5.95 Å². The second kappa shape index (κ2) is 3.87. The van der Waals surface area contributed by atoms with Gasteiger partial charge in [-0.1, -0.05) is 0 Å². The summed E-state index contributed by atoms with van der Waals surface area (Å²) in [7, 11) is 4.82. The van der Waals surface area contributed by atoms with Crippen molar-refractivity contribution in [3.63, 3.8) is 0 Å². The molecule has 0 radical (unpaired) electrons. The van der Waals surface area contributed by atoms with Crippen LogP contribution in [0.5, 0.6) is 5.88 Å². The van der Waals surface area contributed by atoms with Crippen LogP contribution in [0.15, 0.2) is 12.3 Å². The highest BCUT2D eigenvalue weighted by Crippen LogP contribution is 2.09. The van der Waals surface area contributed by atoms with Crippen LogP contribution in [-0.4, -0.2) is 31.2 Å². The number of aromatic nitrogens is 2. The fourth-order valence-corrected chi connectivity index (χ4v) is 0.679. The Morgan fingerprint density at radius 2 is 2.17 bits per heavy atom. The molecule has 0 aliphatic heterocycles. The van der Waals surface area contributed by atoms with Crippen LogP contribution in [0.25, 0.3) is 0 Å². The van der Waals surface area contributed by atoms with Gasteiger partial charge in [0.2, 0.25) is 5.88 Å². The minimum Gasteiger partial charge on any atom is -0.481 e. The van der Waals surface area contributed by atoms with Gasteiger partial charge >= 0.3 is 0 Å². The number of hydrogen-bond acceptors (Lipinski definition) is 5. The van der Waals surface area contributed by atoms with E-state index in [1.54, 1.807) is 33.5 Å². The predicted octanol–water partition coefficient (Wildman–Crippen LogP) is 0.483. The predicted molar refractivity (Wildman–Crippen MR) is 44.0 cm³/mol. The van der Waals surface area contributed by atoms with Crippen LogP contribution >= 0.6 is 0 Å². The topological polar surface area (TPSA) is 47.5 Å². The van der Waals surface area contributed by atoms with Crippen LogP contribution in [0.3, 0.4) is 0 Å². The lowest BCUT2D eigenvalue weighted by Gasteiger charge is -2.12. The Hall–Kier alpha value is -1.36. The van der Waals surface area contributed by atoms with E-state index in [-0.39, 0.29) is 0 Å². The van der Waals surface area contributed by atoms with Crippen LogP contribution in [0.4, 0.5) is 5.95 Å². The third-order valence-corrected chi connectivity index (χ3v) is 1.38. The SMILES string of the molecule is COc1ccnc(N(C)OC)n1. The fourth-order valence-electron chi connectivity index (χ4n) is 0.679. The van der Waals surface area contributed by atoms with Gasteiger partial charge < -0.3 is 4.74 Å². The van der Waals surface area contributed by atoms with Crippen LogP contribution in [0.1, 0.15) is 0 Å². The molecule has 0 fully saturated rings. The van der Waals surface area contributed by atoms with Crippen molar-refractivity contribution in [2.75, 3.05) is 26.3 Å². The zero-order valence-corrected chi connectivity index (χ0v) is 7.31. The van der Waals surface area contributed by atoms with Gasteiger partial charge in [-0.3, -0.25) is 4.84 Å². The smallest absolute Gasteiger partial charge is 0.252 e. The van der Waals surface area contributed by atoms with Crippen LogP contribution in [0.2, 0.25) is 0 Å². The largest absolute Gasteiger partial charge is 0.481 e. The Balaban J connectivity index is 2.86. The van der Waals surface area contributed by atoms with E-state index in [2.05, 4.69) is 9.97 Å². The maximum absolute atomic E-state index is 4.92. The van der Waals surface area contributed by atoms with Gasteiger partial charge in [-0.05, 0) is 0 Å². The molecule has 0 aromatic carbocycles. The van der Waals surface area contributed by atoms with Gasteiger partial charge in [0.1, 0.15) is 0 Å². The zero-order valence-electron chi connectivity index (χ0n) is 7.31. The molecule has 0 atom stereocenters. The number of anilines is 1. The monoisotopic (exact) mass is 169 g/mol. The quantitative estimate of drug-likeness (QED) is 0.616. The molecule has 12 heavy (non-hydrogen) atoms. The second-order valence-corrected chi connectivity index (χ2v) is 2.08. The summed E-state index contributed by atoms with van der Waals surface area (Å²) in [5.74, 6) is 0.987. The van der Waals surface area contributed by atoms with E-state index < -0.39 is 0 Å². The molecule has 0 saturated carbocycles. The summed E-state index contributed by atoms with van der Waals surface area (Å²) in [6.07, 6.45) is 1.61. The molecule has 1 heterocycles. The van der Waals surface area contributed by atoms with Crippen molar-refractivity contribution < 1.29 is 9.57 Å². The Morgan fingerprint density at radius 1 is 1.42 bits per heavy atom. The molecule has 1 rings (SSSR count). The first-order valence-electron chi connectivity index (χ1n) is 3.43. The molecular formula is C7H11N3O2. The van der Waals surface area contributed by atoms with Crippen molar-refractivity contribution in [2.45, 2.75) is 0 Å². The van der Waals surface area contributed by atoms with E-state index in [4.69, 9.17) is 9.57 Å². The number of ether oxygens (including phenoxy) is 1. The lowest BCUT2D eigenvalue weighted by Crippen LogP contribution is -2.17. The van der Waals surface area contributed by atoms with Crippen molar-refractivity contribution in [1.29, 1.82) is 0 Å². The van der Waals surface area contributed by atoms with Gasteiger partial charge in [-0.25, -0.2) is 10.0 Å². The van der Waals surface area contributed by atoms with Crippen molar-refractivity contribution in [2.24, 2.45) is 0 Å². The fraction of sp³-hybridized carbons (Fsp3) is 0.429. The standard InChI is InChI=1S/C7H11N3O2/c1-10(12-3)7-8-5-4-6(9-7)11-2/h4-5H,1-3H3. The lowest BCUT2D eigenvalue weighted by molar-refractivity contribution is 0.179. The van der Waals surface area contributed by atoms with Gasteiger partial charge in [0.15, 0.2) is 0 Å². The maximum Gasteiger partial charge on any atom is 0.252 e. The molecule has 1 aromatic rings. The molecule has 0 bridgehead atoms. The van der Waals surface area contributed by atoms with Crippen molar-refractivity contribution in [3.8, 4) is 5.88 Å². The first-order chi connectivity index (χ1) is 5.77. The Kier molecular flexibility index (Phi) is 2.82. The van der Waals surface area contributed by atoms with E-state index in [1.807, 2.05) is 0 Å². The molecule has 1 aromatic heterocycles. The number of nitrogens with zero attached hydrogens (tertiary/aromatic N) is 3. The van der Waals surface area contributed by atoms with Crippen molar-refractivity contribution in [3.05, 3.63) is 12.3 Å². The van der Waals surface area contributed by atoms with E-state index in [9.17, 15) is 0 Å². The van der Waals surface area contributed by atoms with E-state index in [0.29, 0.717) is 11.8 Å². The van der Waals surface area contributed by atoms with Gasteiger partial charge in [0.25, 0.3) is 5.95 Å². The first kappa shape index (κ1) is 8.73. The molecule has 0 amide bonds. The lowest BCUT2D eigenvalue weighted by atomic mass is 10.6. The van der Waals surface area contributed by atoms with Gasteiger partial charge in [-0.15, -0.1) is 0 Å². The summed E-state index contributed by atoms with van der Waals surface area (Å²) in [4.78, 5) is 12.9. The Bertz CT molecular complexity index is 254. The molecule has 66 valence electrons. The van der Waals surface area contributed by atoms with Crippen molar-refractivity contribution in [1.82, 2.24) is 9.97 Å². The van der Waals surface area contributed by atoms with E-state index in [1.165, 1.54) is 5.06 Å². The Labute approximate surface area is 70.9 Å². The maximum atomic E-state index is 4.92. The highest BCUT2D eigenvalue weighted by molar-refractivity contribution is 5.26. The molecule has 0 spiro atoms. The second-order valence-electron chi connectivity index (χ2n) is 2.08. The summed E-state index contributed by atoms with van der Waals surface area (Å²) < 4.78 is 4.92. The number of methoxy groups -OCH3 is 1. The van der Waals surface area contributed by atoms with Crippen LogP contribution in [0, 0.1) is 0 Å². The minimum atomic E-state index is 0.469. The van der Waals surface area contributed by atoms with E-state index in [0.717, 1.165) is 0 Å². The summed E-state index contributed by atoms with van der Waals surface area (Å²) >= 11 is 0. The first-order valence-corrected chi connectivity index (χ1v) is 3.43. The van der Waals surface area contributed by atoms with E-state index >= 15 is 0 Å². The molecule has 0 N–H and O–H groups in total. The summed E-state index contributed by atoms with van der Waals surface area (Å²) in [6.45, 7) is 0. The van der Waals surface area contributed by atoms with Gasteiger partial charge in [-0.2, -0.15) is 4.98 Å². The highest BCUT2D eigenvalue weighted by Gasteiger charge is 2.02. The summed E-state index contributed by atoms with van der Waals surface area (Å²) in [6, 6.07) is 1.67. The third-order valence-electron chi connectivity index (χ3n) is 1.38. The molecular weight excluding hydrogens is 158 g/mol. The third kappa shape index (κ3) is 1.82. The summed E-state index contributed by atoms with van der Waals surface area (Å²) in [5, 5.41) is 1.45. The van der Waals surface area contributed by atoms with Gasteiger partial charge in [0, 0.05) is 19.3 Å². The molecule has 0 unspecified atom stereocenters. The van der Waals surface area contributed by atoms with Crippen LogP contribution in [-0.2, 0) is 4.84 Å². The average molecular weight is 169 g/mol. The van der Waals surface area contributed by atoms with Gasteiger partial charge in [0.05, 0.1) is 14.2 Å². The molecule has 0 aliphatic carbocycles. The number of rotatable bonds is 3. The Morgan fingerprint density at radius 3 is 2.75 bits per heavy atom. The van der Waals surface area contributed by atoms with Crippen LogP contribution < -0.4 is 9.80 Å². The normalized spacial score (nSPS) is 9.58. The molecule has 5 nitrogen and oxygen atoms in total. The molecule has 5 heteroatoms. The zero-order chi connectivity index (χ0) is 8.97. The number of hydroxylamine groups is 1. The average Bonchev–Trinajstić information content (AvgIpc) is 2.17.